The third-order valence-electron chi connectivity index (χ3n) is 3.30. The number of carbonyl (C=O) groups is 1. The van der Waals surface area contributed by atoms with Crippen molar-refractivity contribution >= 4 is 27.5 Å². The zero-order valence-corrected chi connectivity index (χ0v) is 13.6. The number of amides is 1. The van der Waals surface area contributed by atoms with Crippen LogP contribution >= 0.6 is 11.8 Å². The first-order valence-electron chi connectivity index (χ1n) is 6.91. The van der Waals surface area contributed by atoms with Crippen LogP contribution < -0.4 is 0 Å². The third kappa shape index (κ3) is 4.67. The lowest BCUT2D eigenvalue weighted by atomic mass is 10.2. The molecule has 0 spiro atoms. The van der Waals surface area contributed by atoms with Gasteiger partial charge in [0.2, 0.25) is 5.91 Å². The summed E-state index contributed by atoms with van der Waals surface area (Å²) in [4.78, 5) is 22.2. The quantitative estimate of drug-likeness (QED) is 0.572. The summed E-state index contributed by atoms with van der Waals surface area (Å²) in [5, 5.41) is 0.557. The molecule has 0 radical (unpaired) electrons. The molecule has 21 heavy (non-hydrogen) atoms. The second-order valence-electron chi connectivity index (χ2n) is 4.96. The first-order valence-corrected chi connectivity index (χ1v) is 9.72. The Balaban J connectivity index is 1.96. The number of carbonyl (C=O) groups excluding carboxylic acids is 1. The maximum atomic E-state index is 12.4. The summed E-state index contributed by atoms with van der Waals surface area (Å²) in [5.41, 5.74) is 0. The minimum atomic E-state index is -2.98. The van der Waals surface area contributed by atoms with Gasteiger partial charge in [-0.15, -0.1) is 0 Å². The molecule has 1 aliphatic rings. The Kier molecular flexibility index (Phi) is 5.58. The molecule has 1 amide bonds. The number of hydrogen-bond acceptors (Lipinski definition) is 6. The zero-order chi connectivity index (χ0) is 15.3. The minimum absolute atomic E-state index is 0.0450. The highest BCUT2D eigenvalue weighted by molar-refractivity contribution is 7.99. The Morgan fingerprint density at radius 2 is 2.14 bits per heavy atom. The van der Waals surface area contributed by atoms with E-state index in [9.17, 15) is 13.2 Å². The molecule has 0 bridgehead atoms. The van der Waals surface area contributed by atoms with Gasteiger partial charge in [0.25, 0.3) is 0 Å². The van der Waals surface area contributed by atoms with Gasteiger partial charge in [0.05, 0.1) is 17.3 Å². The standard InChI is InChI=1S/C13H19N3O3S2/c1-2-7-16(11-4-8-21(18,19)10-11)12(17)9-20-13-14-5-3-6-15-13/h3,5-6,11H,2,4,7-10H2,1H3/t11-/m1/s1. The SMILES string of the molecule is CCCN(C(=O)CSc1ncccn1)[C@@H]1CCS(=O)(=O)C1. The Morgan fingerprint density at radius 1 is 1.43 bits per heavy atom. The molecule has 0 unspecified atom stereocenters. The molecular weight excluding hydrogens is 310 g/mol. The largest absolute Gasteiger partial charge is 0.338 e. The first-order chi connectivity index (χ1) is 10.0. The molecular formula is C13H19N3O3S2. The number of aromatic nitrogens is 2. The van der Waals surface area contributed by atoms with Gasteiger partial charge in [-0.2, -0.15) is 0 Å². The van der Waals surface area contributed by atoms with Crippen molar-refractivity contribution in [1.29, 1.82) is 0 Å². The van der Waals surface area contributed by atoms with E-state index in [1.807, 2.05) is 6.92 Å². The molecule has 8 heteroatoms. The Bertz CT molecular complexity index is 578. The van der Waals surface area contributed by atoms with E-state index in [2.05, 4.69) is 9.97 Å². The number of nitrogens with zero attached hydrogens (tertiary/aromatic N) is 3. The fraction of sp³-hybridized carbons (Fsp3) is 0.615. The van der Waals surface area contributed by atoms with Gasteiger partial charge in [-0.3, -0.25) is 4.79 Å². The van der Waals surface area contributed by atoms with Crippen molar-refractivity contribution in [1.82, 2.24) is 14.9 Å². The van der Waals surface area contributed by atoms with Crippen LogP contribution in [0.3, 0.4) is 0 Å². The van der Waals surface area contributed by atoms with Gasteiger partial charge in [-0.05, 0) is 18.9 Å². The molecule has 1 saturated heterocycles. The lowest BCUT2D eigenvalue weighted by Crippen LogP contribution is -2.42. The van der Waals surface area contributed by atoms with E-state index in [0.29, 0.717) is 18.1 Å². The third-order valence-corrected chi connectivity index (χ3v) is 5.91. The summed E-state index contributed by atoms with van der Waals surface area (Å²) in [6.07, 6.45) is 4.62. The van der Waals surface area contributed by atoms with Crippen molar-refractivity contribution in [3.63, 3.8) is 0 Å². The van der Waals surface area contributed by atoms with Gasteiger partial charge in [0.15, 0.2) is 15.0 Å². The smallest absolute Gasteiger partial charge is 0.233 e. The van der Waals surface area contributed by atoms with Crippen LogP contribution in [0.15, 0.2) is 23.6 Å². The van der Waals surface area contributed by atoms with E-state index < -0.39 is 9.84 Å². The fourth-order valence-electron chi connectivity index (χ4n) is 2.34. The van der Waals surface area contributed by atoms with Crippen LogP contribution in [0, 0.1) is 0 Å². The summed E-state index contributed by atoms with van der Waals surface area (Å²) in [7, 11) is -2.98. The predicted octanol–water partition coefficient (Wildman–Crippen LogP) is 0.994. The average Bonchev–Trinajstić information content (AvgIpc) is 2.83. The zero-order valence-electron chi connectivity index (χ0n) is 11.9. The van der Waals surface area contributed by atoms with Crippen LogP contribution in [0.5, 0.6) is 0 Å². The molecule has 1 aliphatic heterocycles. The van der Waals surface area contributed by atoms with Crippen molar-refractivity contribution in [2.75, 3.05) is 23.8 Å². The van der Waals surface area contributed by atoms with Crippen LogP contribution in [-0.4, -0.2) is 59.0 Å². The molecule has 0 N–H and O–H groups in total. The van der Waals surface area contributed by atoms with E-state index >= 15 is 0 Å². The predicted molar refractivity (Wildman–Crippen MR) is 81.8 cm³/mol. The van der Waals surface area contributed by atoms with Crippen LogP contribution in [0.4, 0.5) is 0 Å². The molecule has 0 aromatic carbocycles. The van der Waals surface area contributed by atoms with Crippen LogP contribution in [0.2, 0.25) is 0 Å². The second-order valence-corrected chi connectivity index (χ2v) is 8.14. The topological polar surface area (TPSA) is 80.2 Å². The first kappa shape index (κ1) is 16.2. The summed E-state index contributed by atoms with van der Waals surface area (Å²) >= 11 is 1.28. The second kappa shape index (κ2) is 7.22. The van der Waals surface area contributed by atoms with Crippen LogP contribution in [0.25, 0.3) is 0 Å². The molecule has 1 aromatic heterocycles. The number of thioether (sulfide) groups is 1. The summed E-state index contributed by atoms with van der Waals surface area (Å²) in [5.74, 6) is 0.461. The van der Waals surface area contributed by atoms with Gasteiger partial charge in [-0.25, -0.2) is 18.4 Å². The van der Waals surface area contributed by atoms with Gasteiger partial charge >= 0.3 is 0 Å². The molecule has 6 nitrogen and oxygen atoms in total. The highest BCUT2D eigenvalue weighted by atomic mass is 32.2. The molecule has 1 fully saturated rings. The monoisotopic (exact) mass is 329 g/mol. The maximum absolute atomic E-state index is 12.4. The van der Waals surface area contributed by atoms with Gasteiger partial charge in [-0.1, -0.05) is 18.7 Å². The van der Waals surface area contributed by atoms with Crippen LogP contribution in [0.1, 0.15) is 19.8 Å². The highest BCUT2D eigenvalue weighted by Crippen LogP contribution is 2.20. The molecule has 1 atom stereocenters. The Morgan fingerprint density at radius 3 is 2.71 bits per heavy atom. The average molecular weight is 329 g/mol. The van der Waals surface area contributed by atoms with Crippen molar-refractivity contribution < 1.29 is 13.2 Å². The fourth-order valence-corrected chi connectivity index (χ4v) is 4.76. The summed E-state index contributed by atoms with van der Waals surface area (Å²) in [6.45, 7) is 2.58. The van der Waals surface area contributed by atoms with Crippen molar-refractivity contribution in [2.24, 2.45) is 0 Å². The van der Waals surface area contributed by atoms with E-state index in [4.69, 9.17) is 0 Å². The van der Waals surface area contributed by atoms with Crippen molar-refractivity contribution in [3.8, 4) is 0 Å². The number of hydrogen-bond donors (Lipinski definition) is 0. The highest BCUT2D eigenvalue weighted by Gasteiger charge is 2.34. The van der Waals surface area contributed by atoms with Gasteiger partial charge in [0, 0.05) is 25.0 Å². The normalized spacial score (nSPS) is 20.3. The summed E-state index contributed by atoms with van der Waals surface area (Å²) < 4.78 is 23.2. The molecule has 0 saturated carbocycles. The summed E-state index contributed by atoms with van der Waals surface area (Å²) in [6, 6.07) is 1.54. The van der Waals surface area contributed by atoms with Crippen molar-refractivity contribution in [2.45, 2.75) is 31.0 Å². The minimum Gasteiger partial charge on any atom is -0.338 e. The lowest BCUT2D eigenvalue weighted by molar-refractivity contribution is -0.130. The number of sulfone groups is 1. The van der Waals surface area contributed by atoms with E-state index in [1.165, 1.54) is 11.8 Å². The van der Waals surface area contributed by atoms with Crippen molar-refractivity contribution in [3.05, 3.63) is 18.5 Å². The Hall–Kier alpha value is -1.15. The van der Waals surface area contributed by atoms with Crippen LogP contribution in [-0.2, 0) is 14.6 Å². The molecule has 0 aliphatic carbocycles. The lowest BCUT2D eigenvalue weighted by Gasteiger charge is -2.27. The molecule has 1 aromatic rings. The molecule has 2 rings (SSSR count). The molecule has 116 valence electrons. The van der Waals surface area contributed by atoms with E-state index in [-0.39, 0.29) is 29.2 Å². The van der Waals surface area contributed by atoms with Gasteiger partial charge in [0.1, 0.15) is 0 Å². The van der Waals surface area contributed by atoms with Gasteiger partial charge < -0.3 is 4.90 Å². The Labute approximate surface area is 129 Å². The number of rotatable bonds is 6. The van der Waals surface area contributed by atoms with E-state index in [1.54, 1.807) is 23.4 Å². The molecule has 2 heterocycles. The van der Waals surface area contributed by atoms with E-state index in [0.717, 1.165) is 6.42 Å². The maximum Gasteiger partial charge on any atom is 0.233 e.